The Kier molecular flexibility index (Phi) is 2.54. The molecule has 0 atom stereocenters. The summed E-state index contributed by atoms with van der Waals surface area (Å²) in [7, 11) is 3.02. The van der Waals surface area contributed by atoms with Crippen LogP contribution in [0, 0.1) is 6.20 Å². The van der Waals surface area contributed by atoms with Crippen molar-refractivity contribution in [2.75, 3.05) is 14.2 Å². The first-order valence-corrected chi connectivity index (χ1v) is 3.31. The van der Waals surface area contributed by atoms with E-state index in [0.717, 1.165) is 0 Å². The molecule has 0 amide bonds. The molecule has 0 unspecified atom stereocenters. The van der Waals surface area contributed by atoms with E-state index >= 15 is 0 Å². The molecule has 0 aliphatic rings. The molecule has 0 aliphatic heterocycles. The highest BCUT2D eigenvalue weighted by Crippen LogP contribution is 2.31. The first kappa shape index (κ1) is 8.14. The lowest BCUT2D eigenvalue weighted by Crippen LogP contribution is -1.90. The van der Waals surface area contributed by atoms with Crippen molar-refractivity contribution < 1.29 is 9.47 Å². The van der Waals surface area contributed by atoms with Gasteiger partial charge in [0.05, 0.1) is 20.4 Å². The smallest absolute Gasteiger partial charge is 0.169 e. The molecular weight excluding hydrogens is 166 g/mol. The van der Waals surface area contributed by atoms with Gasteiger partial charge in [0.15, 0.2) is 11.5 Å². The van der Waals surface area contributed by atoms with Crippen LogP contribution in [0.2, 0.25) is 5.02 Å². The fourth-order valence-electron chi connectivity index (χ4n) is 0.645. The van der Waals surface area contributed by atoms with E-state index in [4.69, 9.17) is 21.1 Å². The predicted molar refractivity (Wildman–Crippen MR) is 41.2 cm³/mol. The van der Waals surface area contributed by atoms with E-state index in [0.29, 0.717) is 16.5 Å². The Hall–Kier alpha value is -0.960. The van der Waals surface area contributed by atoms with E-state index in [1.807, 2.05) is 0 Å². The molecule has 4 heteroatoms. The van der Waals surface area contributed by atoms with E-state index in [1.165, 1.54) is 20.4 Å². The lowest BCUT2D eigenvalue weighted by atomic mass is 10.4. The second-order valence-electron chi connectivity index (χ2n) is 1.79. The summed E-state index contributed by atoms with van der Waals surface area (Å²) in [5, 5.41) is 0.394. The van der Waals surface area contributed by atoms with Crippen LogP contribution in [0.3, 0.4) is 0 Å². The number of hydrogen-bond donors (Lipinski definition) is 0. The standard InChI is InChI=1S/C7H7ClNO2/c1-10-5-3-9-4-6(11-2)7(5)8/h3H,1-2H3. The number of pyridine rings is 1. The number of ether oxygens (including phenoxy) is 2. The van der Waals surface area contributed by atoms with Crippen molar-refractivity contribution >= 4 is 11.6 Å². The third-order valence-corrected chi connectivity index (χ3v) is 1.55. The molecule has 1 aromatic rings. The molecule has 11 heavy (non-hydrogen) atoms. The van der Waals surface area contributed by atoms with Crippen LogP contribution in [-0.4, -0.2) is 19.2 Å². The summed E-state index contributed by atoms with van der Waals surface area (Å²) >= 11 is 5.79. The Morgan fingerprint density at radius 2 is 2.18 bits per heavy atom. The molecule has 1 rings (SSSR count). The zero-order valence-corrected chi connectivity index (χ0v) is 6.97. The Labute approximate surface area is 69.9 Å². The molecule has 0 fully saturated rings. The summed E-state index contributed by atoms with van der Waals surface area (Å²) < 4.78 is 9.75. The number of halogens is 1. The van der Waals surface area contributed by atoms with Gasteiger partial charge < -0.3 is 9.47 Å². The highest BCUT2D eigenvalue weighted by molar-refractivity contribution is 6.33. The first-order chi connectivity index (χ1) is 5.29. The topological polar surface area (TPSA) is 31.4 Å². The van der Waals surface area contributed by atoms with E-state index in [9.17, 15) is 0 Å². The molecule has 1 aromatic heterocycles. The Morgan fingerprint density at radius 1 is 1.45 bits per heavy atom. The van der Waals surface area contributed by atoms with Crippen LogP contribution in [0.15, 0.2) is 6.20 Å². The van der Waals surface area contributed by atoms with Crippen LogP contribution in [0.1, 0.15) is 0 Å². The molecule has 0 bridgehead atoms. The van der Waals surface area contributed by atoms with Crippen molar-refractivity contribution in [3.8, 4) is 11.5 Å². The van der Waals surface area contributed by atoms with Crippen LogP contribution in [0.25, 0.3) is 0 Å². The summed E-state index contributed by atoms with van der Waals surface area (Å²) in [6.07, 6.45) is 4.05. The van der Waals surface area contributed by atoms with Gasteiger partial charge in [0.2, 0.25) is 0 Å². The van der Waals surface area contributed by atoms with Crippen LogP contribution >= 0.6 is 11.6 Å². The lowest BCUT2D eigenvalue weighted by Gasteiger charge is -2.04. The quantitative estimate of drug-likeness (QED) is 0.679. The second kappa shape index (κ2) is 3.44. The summed E-state index contributed by atoms with van der Waals surface area (Å²) in [5.74, 6) is 0.883. The summed E-state index contributed by atoms with van der Waals surface area (Å²) in [6.45, 7) is 0. The van der Waals surface area contributed by atoms with Crippen molar-refractivity contribution in [2.24, 2.45) is 0 Å². The Morgan fingerprint density at radius 3 is 2.73 bits per heavy atom. The van der Waals surface area contributed by atoms with Gasteiger partial charge in [-0.1, -0.05) is 11.6 Å². The van der Waals surface area contributed by atoms with Gasteiger partial charge in [0.1, 0.15) is 11.2 Å². The third kappa shape index (κ3) is 1.54. The van der Waals surface area contributed by atoms with Crippen molar-refractivity contribution in [1.29, 1.82) is 0 Å². The minimum Gasteiger partial charge on any atom is -0.493 e. The minimum atomic E-state index is 0.394. The first-order valence-electron chi connectivity index (χ1n) is 2.93. The molecule has 0 aromatic carbocycles. The fourth-order valence-corrected chi connectivity index (χ4v) is 0.890. The largest absolute Gasteiger partial charge is 0.493 e. The van der Waals surface area contributed by atoms with Crippen molar-refractivity contribution in [2.45, 2.75) is 0 Å². The van der Waals surface area contributed by atoms with Gasteiger partial charge in [0, 0.05) is 0 Å². The number of nitrogens with zero attached hydrogens (tertiary/aromatic N) is 1. The van der Waals surface area contributed by atoms with Gasteiger partial charge in [-0.15, -0.1) is 0 Å². The Bertz CT molecular complexity index is 230. The zero-order valence-electron chi connectivity index (χ0n) is 6.22. The van der Waals surface area contributed by atoms with Gasteiger partial charge in [-0.05, 0) is 0 Å². The maximum Gasteiger partial charge on any atom is 0.169 e. The van der Waals surface area contributed by atoms with Crippen LogP contribution in [-0.2, 0) is 0 Å². The summed E-state index contributed by atoms with van der Waals surface area (Å²) in [5.41, 5.74) is 0. The third-order valence-electron chi connectivity index (χ3n) is 1.19. The van der Waals surface area contributed by atoms with Gasteiger partial charge in [0.25, 0.3) is 0 Å². The maximum absolute atomic E-state index is 5.79. The van der Waals surface area contributed by atoms with Gasteiger partial charge in [-0.25, -0.2) is 4.98 Å². The number of methoxy groups -OCH3 is 2. The molecule has 0 aliphatic carbocycles. The van der Waals surface area contributed by atoms with E-state index in [2.05, 4.69) is 11.2 Å². The highest BCUT2D eigenvalue weighted by atomic mass is 35.5. The molecule has 0 saturated heterocycles. The minimum absolute atomic E-state index is 0.394. The molecule has 1 radical (unpaired) electrons. The molecule has 59 valence electrons. The van der Waals surface area contributed by atoms with Crippen LogP contribution in [0.5, 0.6) is 11.5 Å². The lowest BCUT2D eigenvalue weighted by molar-refractivity contribution is 0.390. The zero-order chi connectivity index (χ0) is 8.27. The van der Waals surface area contributed by atoms with E-state index < -0.39 is 0 Å². The normalized spacial score (nSPS) is 9.36. The van der Waals surface area contributed by atoms with Crippen molar-refractivity contribution in [3.05, 3.63) is 17.4 Å². The van der Waals surface area contributed by atoms with Crippen LogP contribution in [0.4, 0.5) is 0 Å². The summed E-state index contributed by atoms with van der Waals surface area (Å²) in [6, 6.07) is 0. The molecule has 1 heterocycles. The number of aromatic nitrogens is 1. The average Bonchev–Trinajstić information content (AvgIpc) is 2.05. The van der Waals surface area contributed by atoms with Gasteiger partial charge >= 0.3 is 0 Å². The van der Waals surface area contributed by atoms with Gasteiger partial charge in [-0.2, -0.15) is 0 Å². The van der Waals surface area contributed by atoms with Gasteiger partial charge in [-0.3, -0.25) is 0 Å². The van der Waals surface area contributed by atoms with Crippen molar-refractivity contribution in [3.63, 3.8) is 0 Å². The SMILES string of the molecule is COc1[c]ncc(OC)c1Cl. The molecule has 0 spiro atoms. The fraction of sp³-hybridized carbons (Fsp3) is 0.286. The predicted octanol–water partition coefficient (Wildman–Crippen LogP) is 1.55. The summed E-state index contributed by atoms with van der Waals surface area (Å²) in [4.78, 5) is 3.73. The number of rotatable bonds is 2. The van der Waals surface area contributed by atoms with Crippen LogP contribution < -0.4 is 9.47 Å². The van der Waals surface area contributed by atoms with E-state index in [-0.39, 0.29) is 0 Å². The number of hydrogen-bond acceptors (Lipinski definition) is 3. The maximum atomic E-state index is 5.79. The average molecular weight is 173 g/mol. The Balaban J connectivity index is 3.10. The monoisotopic (exact) mass is 172 g/mol. The molecule has 0 N–H and O–H groups in total. The van der Waals surface area contributed by atoms with E-state index in [1.54, 1.807) is 0 Å². The highest BCUT2D eigenvalue weighted by Gasteiger charge is 2.06. The second-order valence-corrected chi connectivity index (χ2v) is 2.16. The molecular formula is C7H7ClNO2. The van der Waals surface area contributed by atoms with Crippen molar-refractivity contribution in [1.82, 2.24) is 4.98 Å². The molecule has 3 nitrogen and oxygen atoms in total. The molecule has 0 saturated carbocycles.